The molecule has 0 fully saturated rings. The summed E-state index contributed by atoms with van der Waals surface area (Å²) in [7, 11) is 0. The molecule has 0 spiro atoms. The number of aromatic nitrogens is 3. The Hall–Kier alpha value is -8.85. The molecule has 7 heteroatoms. The number of hydrogen-bond donors (Lipinski definition) is 0. The summed E-state index contributed by atoms with van der Waals surface area (Å²) in [5.74, 6) is 0. The van der Waals surface area contributed by atoms with Crippen LogP contribution in [0.2, 0.25) is 0 Å². The number of fused-ring (bicyclic) bond motifs is 14. The third kappa shape index (κ3) is 4.78. The van der Waals surface area contributed by atoms with Gasteiger partial charge < -0.3 is 9.13 Å². The van der Waals surface area contributed by atoms with Gasteiger partial charge in [-0.25, -0.2) is 4.85 Å². The summed E-state index contributed by atoms with van der Waals surface area (Å²) in [6, 6.07) is 64.9. The first kappa shape index (κ1) is 37.4. The molecule has 0 saturated heterocycles. The van der Waals surface area contributed by atoms with Crippen molar-refractivity contribution in [3.63, 3.8) is 0 Å². The lowest BCUT2D eigenvalue weighted by Gasteiger charge is -2.25. The topological polar surface area (TPSA) is 50.9 Å². The van der Waals surface area contributed by atoms with Gasteiger partial charge in [0.25, 0.3) is 0 Å². The van der Waals surface area contributed by atoms with E-state index < -0.39 is 0 Å². The monoisotopic (exact) mass is 897 g/mol. The maximum absolute atomic E-state index is 12.1. The van der Waals surface area contributed by atoms with Crippen LogP contribution in [0.15, 0.2) is 188 Å². The predicted octanol–water partition coefficient (Wildman–Crippen LogP) is 17.5. The number of hydrogen-bond acceptors (Lipinski definition) is 4. The number of pyridine rings is 1. The number of rotatable bonds is 4. The predicted molar refractivity (Wildman–Crippen MR) is 287 cm³/mol. The Labute approximate surface area is 396 Å². The van der Waals surface area contributed by atoms with E-state index in [2.05, 4.69) is 165 Å². The molecular weight excluding hydrogens is 867 g/mol. The minimum atomic E-state index is 0.420. The minimum Gasteiger partial charge on any atom is -0.318 e. The van der Waals surface area contributed by atoms with E-state index in [9.17, 15) is 11.8 Å². The van der Waals surface area contributed by atoms with E-state index in [0.717, 1.165) is 97.9 Å². The van der Waals surface area contributed by atoms with Crippen molar-refractivity contribution in [3.05, 3.63) is 205 Å². The lowest BCUT2D eigenvalue weighted by molar-refractivity contribution is 1.14. The van der Waals surface area contributed by atoms with Gasteiger partial charge in [0.05, 0.1) is 50.3 Å². The summed E-state index contributed by atoms with van der Waals surface area (Å²) in [4.78, 5) is 9.17. The molecule has 0 aliphatic heterocycles. The fourth-order valence-electron chi connectivity index (χ4n) is 11.6. The molecule has 5 aromatic heterocycles. The molecule has 0 amide bonds. The fraction of sp³-hybridized carbons (Fsp3) is 0. The van der Waals surface area contributed by atoms with Gasteiger partial charge in [-0.3, -0.25) is 4.98 Å². The second kappa shape index (κ2) is 13.8. The average molecular weight is 898 g/mol. The van der Waals surface area contributed by atoms with Crippen LogP contribution in [0.4, 0.5) is 5.69 Å². The van der Waals surface area contributed by atoms with Gasteiger partial charge in [-0.2, -0.15) is 5.26 Å². The molecular formula is C61H31N5S2. The van der Waals surface area contributed by atoms with Crippen LogP contribution in [0.1, 0.15) is 5.56 Å². The Morgan fingerprint density at radius 2 is 1.01 bits per heavy atom. The number of benzene rings is 10. The van der Waals surface area contributed by atoms with Crippen molar-refractivity contribution in [2.75, 3.05) is 0 Å². The van der Waals surface area contributed by atoms with Crippen LogP contribution in [0, 0.1) is 17.9 Å². The van der Waals surface area contributed by atoms with Crippen LogP contribution >= 0.6 is 22.7 Å². The molecule has 0 aliphatic carbocycles. The van der Waals surface area contributed by atoms with Crippen molar-refractivity contribution in [2.45, 2.75) is 0 Å². The summed E-state index contributed by atoms with van der Waals surface area (Å²) in [5, 5.41) is 25.9. The van der Waals surface area contributed by atoms with Gasteiger partial charge >= 0.3 is 0 Å². The molecule has 0 saturated carbocycles. The molecule has 0 bridgehead atoms. The van der Waals surface area contributed by atoms with Crippen molar-refractivity contribution in [1.29, 1.82) is 5.26 Å². The van der Waals surface area contributed by atoms with Gasteiger partial charge in [0.1, 0.15) is 6.07 Å². The quantitative estimate of drug-likeness (QED) is 0.131. The minimum absolute atomic E-state index is 0.420. The normalized spacial score (nSPS) is 12.1. The Bertz CT molecular complexity index is 4660. The van der Waals surface area contributed by atoms with E-state index in [1.54, 1.807) is 11.3 Å². The van der Waals surface area contributed by atoms with Crippen LogP contribution in [0.3, 0.4) is 0 Å². The first-order valence-electron chi connectivity index (χ1n) is 22.5. The molecule has 0 unspecified atom stereocenters. The van der Waals surface area contributed by atoms with Crippen molar-refractivity contribution in [2.24, 2.45) is 0 Å². The van der Waals surface area contributed by atoms with E-state index >= 15 is 0 Å². The molecule has 5 heterocycles. The Balaban J connectivity index is 1.25. The van der Waals surface area contributed by atoms with E-state index in [1.807, 2.05) is 60.1 Å². The highest BCUT2D eigenvalue weighted by Gasteiger charge is 2.33. The van der Waals surface area contributed by atoms with E-state index in [-0.39, 0.29) is 0 Å². The molecule has 312 valence electrons. The SMILES string of the molecule is [C-]#[N+]c1c(-c2ccccc2)c(C#N)c(-n2c3ccc4c5ccccc5sc4c3c3ccc4c5ccccc5sc4c32)c(-c2ccccc2)c1-n1c2cccc3c4ccncc4c4cccc1c4c32. The summed E-state index contributed by atoms with van der Waals surface area (Å²) < 4.78 is 9.53. The van der Waals surface area contributed by atoms with Gasteiger partial charge in [0, 0.05) is 86.1 Å². The fourth-order valence-corrected chi connectivity index (χ4v) is 14.1. The Kier molecular flexibility index (Phi) is 7.61. The van der Waals surface area contributed by atoms with E-state index in [0.29, 0.717) is 16.8 Å². The zero-order valence-electron chi connectivity index (χ0n) is 36.0. The number of nitrogens with zero attached hydrogens (tertiary/aromatic N) is 5. The molecule has 15 rings (SSSR count). The maximum atomic E-state index is 12.1. The smallest absolute Gasteiger partial charge is 0.220 e. The van der Waals surface area contributed by atoms with Gasteiger partial charge in [-0.15, -0.1) is 22.7 Å². The molecule has 15 aromatic rings. The molecule has 0 radical (unpaired) electrons. The molecule has 0 atom stereocenters. The third-order valence-electron chi connectivity index (χ3n) is 14.2. The van der Waals surface area contributed by atoms with Crippen LogP contribution in [-0.4, -0.2) is 14.1 Å². The van der Waals surface area contributed by atoms with Gasteiger partial charge in [-0.05, 0) is 63.7 Å². The van der Waals surface area contributed by atoms with Crippen LogP contribution in [-0.2, 0) is 0 Å². The van der Waals surface area contributed by atoms with Crippen molar-refractivity contribution in [1.82, 2.24) is 14.1 Å². The van der Waals surface area contributed by atoms with Gasteiger partial charge in [0.15, 0.2) is 0 Å². The van der Waals surface area contributed by atoms with E-state index in [1.165, 1.54) is 35.6 Å². The molecule has 0 aliphatic rings. The van der Waals surface area contributed by atoms with E-state index in [4.69, 9.17) is 0 Å². The summed E-state index contributed by atoms with van der Waals surface area (Å²) in [6.45, 7) is 9.34. The van der Waals surface area contributed by atoms with Crippen molar-refractivity contribution < 1.29 is 0 Å². The third-order valence-corrected chi connectivity index (χ3v) is 16.6. The highest BCUT2D eigenvalue weighted by atomic mass is 32.1. The first-order chi connectivity index (χ1) is 33.7. The second-order valence-electron chi connectivity index (χ2n) is 17.5. The zero-order chi connectivity index (χ0) is 44.8. The zero-order valence-corrected chi connectivity index (χ0v) is 37.6. The highest BCUT2D eigenvalue weighted by molar-refractivity contribution is 7.27. The van der Waals surface area contributed by atoms with Crippen LogP contribution in [0.25, 0.3) is 144 Å². The highest BCUT2D eigenvalue weighted by Crippen LogP contribution is 2.55. The summed E-state index contributed by atoms with van der Waals surface area (Å²) >= 11 is 3.63. The molecule has 0 N–H and O–H groups in total. The molecule has 68 heavy (non-hydrogen) atoms. The molecule has 5 nitrogen and oxygen atoms in total. The standard InChI is InChI=1S/C61H31N5S2/c1-63-56-51(34-14-4-2-5-15-34)44(32-62)57(52(35-16-6-3-7-17-35)59(56)65-46-22-12-20-39-36-30-31-64-33-45(36)40-21-13-23-47(65)54(40)53(39)46)66-48-29-28-41-37-18-8-10-24-49(37)67-60(41)55(48)43-27-26-42-38-19-9-11-25-50(38)68-61(42)58(43)66/h2-31,33H. The Morgan fingerprint density at radius 1 is 0.456 bits per heavy atom. The van der Waals surface area contributed by atoms with Gasteiger partial charge in [0.2, 0.25) is 5.69 Å². The van der Waals surface area contributed by atoms with Crippen LogP contribution in [0.5, 0.6) is 0 Å². The number of nitriles is 1. The second-order valence-corrected chi connectivity index (χ2v) is 19.6. The van der Waals surface area contributed by atoms with Crippen LogP contribution < -0.4 is 0 Å². The van der Waals surface area contributed by atoms with Crippen molar-refractivity contribution in [3.8, 4) is 39.7 Å². The molecule has 10 aromatic carbocycles. The first-order valence-corrected chi connectivity index (χ1v) is 24.2. The average Bonchev–Trinajstić information content (AvgIpc) is 4.16. The largest absolute Gasteiger partial charge is 0.318 e. The summed E-state index contributed by atoms with van der Waals surface area (Å²) in [5.41, 5.74) is 9.51. The Morgan fingerprint density at radius 3 is 1.69 bits per heavy atom. The lowest BCUT2D eigenvalue weighted by Crippen LogP contribution is -2.08. The summed E-state index contributed by atoms with van der Waals surface area (Å²) in [6.07, 6.45) is 3.84. The van der Waals surface area contributed by atoms with Gasteiger partial charge in [-0.1, -0.05) is 140 Å². The lowest BCUT2D eigenvalue weighted by atomic mass is 9.88. The number of thiophene rings is 2. The van der Waals surface area contributed by atoms with Crippen molar-refractivity contribution >= 4 is 134 Å². The maximum Gasteiger partial charge on any atom is 0.220 e.